The van der Waals surface area contributed by atoms with E-state index in [0.29, 0.717) is 18.9 Å². The second kappa shape index (κ2) is 9.04. The minimum atomic E-state index is -3.50. The van der Waals surface area contributed by atoms with Gasteiger partial charge in [-0.25, -0.2) is 18.1 Å². The first-order valence-electron chi connectivity index (χ1n) is 12.3. The van der Waals surface area contributed by atoms with Crippen LogP contribution >= 0.6 is 0 Å². The number of aromatic nitrogens is 6. The predicted molar refractivity (Wildman–Crippen MR) is 141 cm³/mol. The quantitative estimate of drug-likeness (QED) is 0.346. The number of aryl methyl sites for hydroxylation is 2. The van der Waals surface area contributed by atoms with Gasteiger partial charge in [-0.3, -0.25) is 4.98 Å². The third-order valence-corrected chi connectivity index (χ3v) is 8.23. The van der Waals surface area contributed by atoms with Crippen molar-refractivity contribution in [3.8, 4) is 11.3 Å². The van der Waals surface area contributed by atoms with Crippen LogP contribution in [0.3, 0.4) is 0 Å². The zero-order valence-electron chi connectivity index (χ0n) is 21.0. The molecule has 1 atom stereocenters. The van der Waals surface area contributed by atoms with E-state index in [1.54, 1.807) is 10.7 Å². The van der Waals surface area contributed by atoms with E-state index in [0.717, 1.165) is 51.8 Å². The summed E-state index contributed by atoms with van der Waals surface area (Å²) in [6.07, 6.45) is 4.80. The summed E-state index contributed by atoms with van der Waals surface area (Å²) in [5.74, 6) is 0.280. The van der Waals surface area contributed by atoms with Crippen LogP contribution in [-0.2, 0) is 21.6 Å². The van der Waals surface area contributed by atoms with Crippen molar-refractivity contribution in [2.75, 3.05) is 19.5 Å². The normalized spacial score (nSPS) is 16.0. The Kier molecular flexibility index (Phi) is 5.80. The summed E-state index contributed by atoms with van der Waals surface area (Å²) in [4.78, 5) is 9.60. The Morgan fingerprint density at radius 1 is 1.08 bits per heavy atom. The Morgan fingerprint density at radius 3 is 2.51 bits per heavy atom. The van der Waals surface area contributed by atoms with Crippen LogP contribution in [0.4, 0.5) is 0 Å². The van der Waals surface area contributed by atoms with Gasteiger partial charge in [-0.1, -0.05) is 35.5 Å². The third-order valence-electron chi connectivity index (χ3n) is 7.24. The molecule has 5 heterocycles. The lowest BCUT2D eigenvalue weighted by molar-refractivity contribution is 0.0552. The minimum Gasteiger partial charge on any atom is -0.381 e. The van der Waals surface area contributed by atoms with Crippen molar-refractivity contribution in [1.82, 2.24) is 29.5 Å². The molecule has 0 aliphatic carbocycles. The first kappa shape index (κ1) is 23.7. The average Bonchev–Trinajstić information content (AvgIpc) is 3.40. The van der Waals surface area contributed by atoms with Crippen molar-refractivity contribution in [3.63, 3.8) is 0 Å². The van der Waals surface area contributed by atoms with Gasteiger partial charge in [-0.15, -0.1) is 5.10 Å². The number of sulfone groups is 1. The number of hydrogen-bond acceptors (Lipinski definition) is 7. The molecule has 9 nitrogen and oxygen atoms in total. The maximum absolute atomic E-state index is 12.5. The summed E-state index contributed by atoms with van der Waals surface area (Å²) >= 11 is 0. The van der Waals surface area contributed by atoms with E-state index in [4.69, 9.17) is 14.7 Å². The molecule has 0 saturated carbocycles. The molecule has 1 aliphatic rings. The van der Waals surface area contributed by atoms with Gasteiger partial charge in [0, 0.05) is 43.7 Å². The Bertz CT molecular complexity index is 1700. The SMILES string of the molecule is Cc1nnn(C)c1-c1cnc2c3ccc(S(C)(=O)=O)nc3n(C(c3ccccc3)C3CCOCC3)c2c1. The largest absolute Gasteiger partial charge is 0.381 e. The Labute approximate surface area is 215 Å². The van der Waals surface area contributed by atoms with Crippen LogP contribution in [0.25, 0.3) is 33.3 Å². The fourth-order valence-electron chi connectivity index (χ4n) is 5.55. The number of hydrogen-bond donors (Lipinski definition) is 0. The van der Waals surface area contributed by atoms with Gasteiger partial charge in [-0.2, -0.15) is 0 Å². The molecule has 6 rings (SSSR count). The third kappa shape index (κ3) is 4.10. The summed E-state index contributed by atoms with van der Waals surface area (Å²) in [5.41, 5.74) is 6.03. The topological polar surface area (TPSA) is 105 Å². The smallest absolute Gasteiger partial charge is 0.192 e. The van der Waals surface area contributed by atoms with E-state index in [1.807, 2.05) is 44.4 Å². The van der Waals surface area contributed by atoms with Gasteiger partial charge in [0.05, 0.1) is 28.5 Å². The number of fused-ring (bicyclic) bond motifs is 3. The molecule has 0 radical (unpaired) electrons. The second-order valence-electron chi connectivity index (χ2n) is 9.71. The van der Waals surface area contributed by atoms with E-state index < -0.39 is 9.84 Å². The summed E-state index contributed by atoms with van der Waals surface area (Å²) in [6, 6.07) is 15.8. The zero-order chi connectivity index (χ0) is 25.7. The first-order chi connectivity index (χ1) is 17.8. The maximum Gasteiger partial charge on any atom is 0.192 e. The van der Waals surface area contributed by atoms with Crippen LogP contribution in [0.2, 0.25) is 0 Å². The van der Waals surface area contributed by atoms with E-state index in [-0.39, 0.29) is 17.0 Å². The molecular formula is C27H28N6O3S. The lowest BCUT2D eigenvalue weighted by atomic mass is 9.86. The van der Waals surface area contributed by atoms with E-state index in [1.165, 1.54) is 6.26 Å². The van der Waals surface area contributed by atoms with Crippen LogP contribution < -0.4 is 0 Å². The molecule has 1 saturated heterocycles. The van der Waals surface area contributed by atoms with Gasteiger partial charge in [-0.05, 0) is 49.4 Å². The summed E-state index contributed by atoms with van der Waals surface area (Å²) in [6.45, 7) is 3.31. The zero-order valence-corrected chi connectivity index (χ0v) is 21.8. The fourth-order valence-corrected chi connectivity index (χ4v) is 6.11. The van der Waals surface area contributed by atoms with Crippen LogP contribution in [0, 0.1) is 12.8 Å². The lowest BCUT2D eigenvalue weighted by Gasteiger charge is -2.32. The molecule has 5 aromatic rings. The number of rotatable bonds is 5. The standard InChI is InChI=1S/C27H28N6O3S/c1-17-25(32(2)31-30-17)20-15-22-24(28-16-20)21-9-10-23(37(3,34)35)29-27(21)33(22)26(18-7-5-4-6-8-18)19-11-13-36-14-12-19/h4-10,15-16,19,26H,11-14H2,1-3H3. The van der Waals surface area contributed by atoms with Gasteiger partial charge in [0.15, 0.2) is 14.9 Å². The van der Waals surface area contributed by atoms with Crippen LogP contribution in [0.15, 0.2) is 59.8 Å². The number of ether oxygens (including phenoxy) is 1. The summed E-state index contributed by atoms with van der Waals surface area (Å²) < 4.78 is 34.7. The highest BCUT2D eigenvalue weighted by Gasteiger charge is 2.31. The van der Waals surface area contributed by atoms with E-state index in [9.17, 15) is 8.42 Å². The highest BCUT2D eigenvalue weighted by Crippen LogP contribution is 2.40. The van der Waals surface area contributed by atoms with Crippen LogP contribution in [0.5, 0.6) is 0 Å². The Morgan fingerprint density at radius 2 is 1.84 bits per heavy atom. The second-order valence-corrected chi connectivity index (χ2v) is 11.7. The van der Waals surface area contributed by atoms with Gasteiger partial charge in [0.2, 0.25) is 0 Å². The van der Waals surface area contributed by atoms with Crippen molar-refractivity contribution in [2.24, 2.45) is 13.0 Å². The molecule has 190 valence electrons. The average molecular weight is 517 g/mol. The van der Waals surface area contributed by atoms with Crippen molar-refractivity contribution in [2.45, 2.75) is 30.8 Å². The monoisotopic (exact) mass is 516 g/mol. The Hall–Kier alpha value is -3.63. The minimum absolute atomic E-state index is 0.0507. The maximum atomic E-state index is 12.5. The van der Waals surface area contributed by atoms with Crippen LogP contribution in [0.1, 0.15) is 30.1 Å². The highest BCUT2D eigenvalue weighted by molar-refractivity contribution is 7.90. The van der Waals surface area contributed by atoms with Crippen molar-refractivity contribution < 1.29 is 13.2 Å². The van der Waals surface area contributed by atoms with Gasteiger partial charge in [0.25, 0.3) is 0 Å². The van der Waals surface area contributed by atoms with Gasteiger partial charge >= 0.3 is 0 Å². The summed E-state index contributed by atoms with van der Waals surface area (Å²) in [7, 11) is -1.64. The molecule has 0 spiro atoms. The highest BCUT2D eigenvalue weighted by atomic mass is 32.2. The number of nitrogens with zero attached hydrogens (tertiary/aromatic N) is 6. The molecule has 0 bridgehead atoms. The molecule has 4 aromatic heterocycles. The van der Waals surface area contributed by atoms with Gasteiger partial charge in [0.1, 0.15) is 5.65 Å². The molecule has 0 amide bonds. The molecule has 1 unspecified atom stereocenters. The molecule has 1 fully saturated rings. The van der Waals surface area contributed by atoms with E-state index >= 15 is 0 Å². The molecule has 1 aromatic carbocycles. The molecule has 0 N–H and O–H groups in total. The van der Waals surface area contributed by atoms with E-state index in [2.05, 4.69) is 33.1 Å². The van der Waals surface area contributed by atoms with Crippen molar-refractivity contribution >= 4 is 31.9 Å². The number of benzene rings is 1. The van der Waals surface area contributed by atoms with Crippen molar-refractivity contribution in [1.29, 1.82) is 0 Å². The Balaban J connectivity index is 1.71. The summed E-state index contributed by atoms with van der Waals surface area (Å²) in [5, 5.41) is 9.26. The molecule has 10 heteroatoms. The number of pyridine rings is 2. The predicted octanol–water partition coefficient (Wildman–Crippen LogP) is 4.11. The van der Waals surface area contributed by atoms with Gasteiger partial charge < -0.3 is 9.30 Å². The van der Waals surface area contributed by atoms with Crippen molar-refractivity contribution in [3.05, 3.63) is 66.0 Å². The molecule has 37 heavy (non-hydrogen) atoms. The fraction of sp³-hybridized carbons (Fsp3) is 0.333. The molecule has 1 aliphatic heterocycles. The lowest BCUT2D eigenvalue weighted by Crippen LogP contribution is -2.27. The van der Waals surface area contributed by atoms with Crippen LogP contribution in [-0.4, -0.2) is 57.4 Å². The first-order valence-corrected chi connectivity index (χ1v) is 14.2. The molecular weight excluding hydrogens is 488 g/mol.